The summed E-state index contributed by atoms with van der Waals surface area (Å²) in [6.45, 7) is 2.34. The van der Waals surface area contributed by atoms with Crippen LogP contribution in [0.3, 0.4) is 0 Å². The average Bonchev–Trinajstić information content (AvgIpc) is 2.60. The quantitative estimate of drug-likeness (QED) is 0.320. The maximum atomic E-state index is 4.77. The zero-order valence-electron chi connectivity index (χ0n) is 15.3. The Morgan fingerprint density at radius 3 is 2.30 bits per heavy atom. The van der Waals surface area contributed by atoms with Crippen molar-refractivity contribution in [1.82, 2.24) is 0 Å². The minimum absolute atomic E-state index is 0.484. The minimum atomic E-state index is 0.484. The van der Waals surface area contributed by atoms with Crippen molar-refractivity contribution in [2.24, 2.45) is 22.7 Å². The van der Waals surface area contributed by atoms with Crippen molar-refractivity contribution in [1.29, 1.82) is 0 Å². The zero-order valence-corrected chi connectivity index (χ0v) is 16.1. The van der Waals surface area contributed by atoms with Crippen LogP contribution in [0.25, 0.3) is 0 Å². The summed E-state index contributed by atoms with van der Waals surface area (Å²) in [5.74, 6) is 3.00. The Hall–Kier alpha value is -0.200. The lowest BCUT2D eigenvalue weighted by Gasteiger charge is -2.33. The third-order valence-electron chi connectivity index (χ3n) is 6.48. The molecule has 0 aromatic heterocycles. The predicted molar refractivity (Wildman–Crippen MR) is 104 cm³/mol. The maximum Gasteiger partial charge on any atom is 0.0603 e. The van der Waals surface area contributed by atoms with E-state index in [0.717, 1.165) is 17.8 Å². The molecular formula is C21H37NS. The van der Waals surface area contributed by atoms with Gasteiger partial charge in [0.1, 0.15) is 0 Å². The first-order valence-electron chi connectivity index (χ1n) is 10.4. The van der Waals surface area contributed by atoms with Crippen LogP contribution in [0.5, 0.6) is 0 Å². The van der Waals surface area contributed by atoms with Gasteiger partial charge < -0.3 is 0 Å². The molecule has 2 fully saturated rings. The Kier molecular flexibility index (Phi) is 9.46. The summed E-state index contributed by atoms with van der Waals surface area (Å²) in [4.78, 5) is 4.33. The van der Waals surface area contributed by atoms with Crippen molar-refractivity contribution >= 4 is 17.4 Å². The van der Waals surface area contributed by atoms with Gasteiger partial charge in [-0.1, -0.05) is 77.6 Å². The van der Waals surface area contributed by atoms with Crippen LogP contribution in [0.4, 0.5) is 0 Å². The van der Waals surface area contributed by atoms with Crippen molar-refractivity contribution < 1.29 is 0 Å². The van der Waals surface area contributed by atoms with Crippen LogP contribution in [0.1, 0.15) is 103 Å². The monoisotopic (exact) mass is 335 g/mol. The van der Waals surface area contributed by atoms with E-state index in [4.69, 9.17) is 12.2 Å². The van der Waals surface area contributed by atoms with Crippen molar-refractivity contribution in [2.75, 3.05) is 0 Å². The molecule has 0 radical (unpaired) electrons. The van der Waals surface area contributed by atoms with Gasteiger partial charge in [0.15, 0.2) is 0 Å². The first-order chi connectivity index (χ1) is 11.3. The molecule has 0 bridgehead atoms. The van der Waals surface area contributed by atoms with Gasteiger partial charge in [-0.15, -0.1) is 0 Å². The van der Waals surface area contributed by atoms with E-state index >= 15 is 0 Å². The predicted octanol–water partition coefficient (Wildman–Crippen LogP) is 7.21. The molecule has 0 aliphatic heterocycles. The second kappa shape index (κ2) is 11.4. The van der Waals surface area contributed by atoms with Crippen molar-refractivity contribution in [3.05, 3.63) is 0 Å². The van der Waals surface area contributed by atoms with Crippen molar-refractivity contribution in [3.63, 3.8) is 0 Å². The average molecular weight is 336 g/mol. The van der Waals surface area contributed by atoms with E-state index in [1.54, 1.807) is 0 Å². The molecule has 0 saturated heterocycles. The largest absolute Gasteiger partial charge is 0.229 e. The Morgan fingerprint density at radius 2 is 1.65 bits per heavy atom. The SMILES string of the molecule is CCCCC(CCCC1CCCCC1)C1CCC(N=C=S)CC1. The molecule has 2 aliphatic carbocycles. The number of hydrogen-bond donors (Lipinski definition) is 0. The first kappa shape index (κ1) is 19.1. The molecular weight excluding hydrogens is 298 g/mol. The lowest BCUT2D eigenvalue weighted by atomic mass is 9.74. The van der Waals surface area contributed by atoms with E-state index in [1.807, 2.05) is 0 Å². The number of aliphatic imine (C=N–C) groups is 1. The topological polar surface area (TPSA) is 12.4 Å². The van der Waals surface area contributed by atoms with Crippen LogP contribution in [-0.4, -0.2) is 11.2 Å². The Balaban J connectivity index is 1.73. The van der Waals surface area contributed by atoms with Crippen LogP contribution in [0, 0.1) is 17.8 Å². The molecule has 0 N–H and O–H groups in total. The van der Waals surface area contributed by atoms with Gasteiger partial charge in [0.2, 0.25) is 0 Å². The van der Waals surface area contributed by atoms with Gasteiger partial charge in [0.25, 0.3) is 0 Å². The number of isothiocyanates is 1. The molecule has 2 rings (SSSR count). The molecule has 1 atom stereocenters. The van der Waals surface area contributed by atoms with Gasteiger partial charge in [-0.3, -0.25) is 0 Å². The van der Waals surface area contributed by atoms with Crippen molar-refractivity contribution in [2.45, 2.75) is 109 Å². The number of nitrogens with zero attached hydrogens (tertiary/aromatic N) is 1. The molecule has 0 aromatic rings. The highest BCUT2D eigenvalue weighted by molar-refractivity contribution is 7.78. The van der Waals surface area contributed by atoms with Gasteiger partial charge in [0, 0.05) is 0 Å². The molecule has 2 aliphatic rings. The molecule has 132 valence electrons. The highest BCUT2D eigenvalue weighted by Crippen LogP contribution is 2.37. The third kappa shape index (κ3) is 7.06. The maximum absolute atomic E-state index is 4.77. The van der Waals surface area contributed by atoms with Gasteiger partial charge in [-0.25, -0.2) is 4.99 Å². The molecule has 0 amide bonds. The van der Waals surface area contributed by atoms with E-state index in [0.29, 0.717) is 6.04 Å². The molecule has 0 heterocycles. The summed E-state index contributed by atoms with van der Waals surface area (Å²) in [5.41, 5.74) is 0. The lowest BCUT2D eigenvalue weighted by molar-refractivity contribution is 0.200. The highest BCUT2D eigenvalue weighted by atomic mass is 32.1. The number of thiocarbonyl (C=S) groups is 1. The summed E-state index contributed by atoms with van der Waals surface area (Å²) >= 11 is 4.77. The molecule has 0 aromatic carbocycles. The van der Waals surface area contributed by atoms with Gasteiger partial charge in [0.05, 0.1) is 11.2 Å². The summed E-state index contributed by atoms with van der Waals surface area (Å²) in [6, 6.07) is 0.484. The summed E-state index contributed by atoms with van der Waals surface area (Å²) in [7, 11) is 0. The molecule has 1 unspecified atom stereocenters. The lowest BCUT2D eigenvalue weighted by Crippen LogP contribution is -2.24. The van der Waals surface area contributed by atoms with E-state index in [1.165, 1.54) is 96.3 Å². The molecule has 23 heavy (non-hydrogen) atoms. The fraction of sp³-hybridized carbons (Fsp3) is 0.952. The number of rotatable bonds is 9. The summed E-state index contributed by atoms with van der Waals surface area (Å²) < 4.78 is 0. The number of unbranched alkanes of at least 4 members (excludes halogenated alkanes) is 1. The van der Waals surface area contributed by atoms with Crippen LogP contribution in [0.15, 0.2) is 4.99 Å². The summed E-state index contributed by atoms with van der Waals surface area (Å²) in [6.07, 6.45) is 21.5. The van der Waals surface area contributed by atoms with Gasteiger partial charge in [-0.05, 0) is 55.7 Å². The van der Waals surface area contributed by atoms with E-state index in [9.17, 15) is 0 Å². The Bertz CT molecular complexity index is 347. The fourth-order valence-corrected chi connectivity index (χ4v) is 5.15. The highest BCUT2D eigenvalue weighted by Gasteiger charge is 2.27. The van der Waals surface area contributed by atoms with E-state index in [2.05, 4.69) is 17.1 Å². The molecule has 2 saturated carbocycles. The van der Waals surface area contributed by atoms with Crippen LogP contribution >= 0.6 is 12.2 Å². The number of hydrogen-bond acceptors (Lipinski definition) is 2. The van der Waals surface area contributed by atoms with E-state index in [-0.39, 0.29) is 0 Å². The van der Waals surface area contributed by atoms with Crippen molar-refractivity contribution in [3.8, 4) is 0 Å². The van der Waals surface area contributed by atoms with Gasteiger partial charge >= 0.3 is 0 Å². The molecule has 1 nitrogen and oxygen atoms in total. The zero-order chi connectivity index (χ0) is 16.3. The van der Waals surface area contributed by atoms with Crippen LogP contribution < -0.4 is 0 Å². The second-order valence-corrected chi connectivity index (χ2v) is 8.31. The molecule has 0 spiro atoms. The van der Waals surface area contributed by atoms with Crippen LogP contribution in [0.2, 0.25) is 0 Å². The Labute approximate surface area is 149 Å². The minimum Gasteiger partial charge on any atom is -0.229 e. The first-order valence-corrected chi connectivity index (χ1v) is 10.8. The Morgan fingerprint density at radius 1 is 0.957 bits per heavy atom. The normalized spacial score (nSPS) is 27.3. The van der Waals surface area contributed by atoms with Crippen LogP contribution in [-0.2, 0) is 0 Å². The smallest absolute Gasteiger partial charge is 0.0603 e. The second-order valence-electron chi connectivity index (χ2n) is 8.13. The van der Waals surface area contributed by atoms with E-state index < -0.39 is 0 Å². The van der Waals surface area contributed by atoms with Gasteiger partial charge in [-0.2, -0.15) is 0 Å². The molecule has 2 heteroatoms. The standard InChI is InChI=1S/C21H37NS/c1-2-3-11-19(12-7-10-18-8-5-4-6-9-18)20-13-15-21(16-14-20)22-17-23/h18-21H,2-16H2,1H3. The fourth-order valence-electron chi connectivity index (χ4n) is 5.00. The third-order valence-corrected chi connectivity index (χ3v) is 6.59. The summed E-state index contributed by atoms with van der Waals surface area (Å²) in [5, 5.41) is 2.59.